The molecule has 0 saturated carbocycles. The summed E-state index contributed by atoms with van der Waals surface area (Å²) in [6.45, 7) is -0.190. The topological polar surface area (TPSA) is 69.4 Å². The number of primary sulfonamides is 1. The van der Waals surface area contributed by atoms with E-state index in [4.69, 9.17) is 9.88 Å². The van der Waals surface area contributed by atoms with Crippen LogP contribution in [0.3, 0.4) is 0 Å². The van der Waals surface area contributed by atoms with Gasteiger partial charge in [0.2, 0.25) is 10.0 Å². The summed E-state index contributed by atoms with van der Waals surface area (Å²) in [4.78, 5) is -0.359. The molecule has 0 amide bonds. The van der Waals surface area contributed by atoms with Crippen molar-refractivity contribution < 1.29 is 21.9 Å². The van der Waals surface area contributed by atoms with E-state index < -0.39 is 21.7 Å². The van der Waals surface area contributed by atoms with Gasteiger partial charge >= 0.3 is 0 Å². The zero-order valence-corrected chi connectivity index (χ0v) is 12.9. The van der Waals surface area contributed by atoms with Crippen LogP contribution in [0.4, 0.5) is 8.78 Å². The van der Waals surface area contributed by atoms with Crippen molar-refractivity contribution in [3.8, 4) is 5.75 Å². The third-order valence-electron chi connectivity index (χ3n) is 2.63. The Kier molecular flexibility index (Phi) is 4.60. The van der Waals surface area contributed by atoms with Crippen molar-refractivity contribution in [2.45, 2.75) is 11.5 Å². The number of halogens is 3. The molecule has 0 heterocycles. The number of ether oxygens (including phenoxy) is 1. The quantitative estimate of drug-likeness (QED) is 0.890. The summed E-state index contributed by atoms with van der Waals surface area (Å²) >= 11 is 3.12. The lowest BCUT2D eigenvalue weighted by Crippen LogP contribution is -2.12. The minimum Gasteiger partial charge on any atom is -0.486 e. The van der Waals surface area contributed by atoms with Gasteiger partial charge in [0, 0.05) is 10.0 Å². The average Bonchev–Trinajstić information content (AvgIpc) is 2.38. The van der Waals surface area contributed by atoms with Gasteiger partial charge in [0.1, 0.15) is 12.4 Å². The highest BCUT2D eigenvalue weighted by Gasteiger charge is 2.13. The second-order valence-corrected chi connectivity index (χ2v) is 6.64. The van der Waals surface area contributed by atoms with Crippen LogP contribution in [0.15, 0.2) is 45.8 Å². The standard InChI is InChI=1S/C13H10BrF2NO3S/c14-9-2-1-8(11(15)5-9)7-20-13-4-3-10(6-12(13)16)21(17,18)19/h1-6H,7H2,(H2,17,18,19). The lowest BCUT2D eigenvalue weighted by atomic mass is 10.2. The molecule has 0 aliphatic carbocycles. The van der Waals surface area contributed by atoms with E-state index in [1.54, 1.807) is 6.07 Å². The summed E-state index contributed by atoms with van der Waals surface area (Å²) in [5.74, 6) is -1.57. The fourth-order valence-electron chi connectivity index (χ4n) is 1.57. The second kappa shape index (κ2) is 6.08. The SMILES string of the molecule is NS(=O)(=O)c1ccc(OCc2ccc(Br)cc2F)c(F)c1. The van der Waals surface area contributed by atoms with E-state index in [0.29, 0.717) is 4.47 Å². The van der Waals surface area contributed by atoms with Crippen molar-refractivity contribution in [2.75, 3.05) is 0 Å². The first kappa shape index (κ1) is 15.9. The van der Waals surface area contributed by atoms with E-state index in [0.717, 1.165) is 18.2 Å². The van der Waals surface area contributed by atoms with Crippen LogP contribution in [0.25, 0.3) is 0 Å². The van der Waals surface area contributed by atoms with Crippen molar-refractivity contribution in [1.82, 2.24) is 0 Å². The maximum absolute atomic E-state index is 13.7. The fourth-order valence-corrected chi connectivity index (χ4v) is 2.43. The molecule has 2 aromatic rings. The Hall–Kier alpha value is -1.51. The third-order valence-corrected chi connectivity index (χ3v) is 4.03. The summed E-state index contributed by atoms with van der Waals surface area (Å²) in [5.41, 5.74) is 0.244. The van der Waals surface area contributed by atoms with Gasteiger partial charge in [0.25, 0.3) is 0 Å². The lowest BCUT2D eigenvalue weighted by Gasteiger charge is -2.09. The number of rotatable bonds is 4. The first-order valence-corrected chi connectivity index (χ1v) is 8.00. The minimum atomic E-state index is -3.98. The molecular formula is C13H10BrF2NO3S. The van der Waals surface area contributed by atoms with Crippen LogP contribution >= 0.6 is 15.9 Å². The van der Waals surface area contributed by atoms with Crippen molar-refractivity contribution in [3.05, 3.63) is 58.1 Å². The molecular weight excluding hydrogens is 368 g/mol. The van der Waals surface area contributed by atoms with Crippen molar-refractivity contribution in [2.24, 2.45) is 5.14 Å². The minimum absolute atomic E-state index is 0.190. The zero-order valence-electron chi connectivity index (χ0n) is 10.5. The molecule has 0 aliphatic heterocycles. The largest absolute Gasteiger partial charge is 0.486 e. The van der Waals surface area contributed by atoms with Gasteiger partial charge < -0.3 is 4.74 Å². The summed E-state index contributed by atoms with van der Waals surface area (Å²) in [6, 6.07) is 7.39. The van der Waals surface area contributed by atoms with Gasteiger partial charge in [-0.25, -0.2) is 22.3 Å². The summed E-state index contributed by atoms with van der Waals surface area (Å²) < 4.78 is 55.1. The molecule has 0 radical (unpaired) electrons. The summed E-state index contributed by atoms with van der Waals surface area (Å²) in [7, 11) is -3.98. The Morgan fingerprint density at radius 3 is 2.38 bits per heavy atom. The van der Waals surface area contributed by atoms with Gasteiger partial charge in [-0.2, -0.15) is 0 Å². The normalized spacial score (nSPS) is 11.4. The Balaban J connectivity index is 2.17. The van der Waals surface area contributed by atoms with Crippen LogP contribution in [0.5, 0.6) is 5.75 Å². The van der Waals surface area contributed by atoms with E-state index in [1.165, 1.54) is 12.1 Å². The Morgan fingerprint density at radius 1 is 1.10 bits per heavy atom. The molecule has 2 N–H and O–H groups in total. The molecule has 0 bridgehead atoms. The molecule has 2 rings (SSSR count). The molecule has 0 fully saturated rings. The smallest absolute Gasteiger partial charge is 0.238 e. The zero-order chi connectivity index (χ0) is 15.6. The van der Waals surface area contributed by atoms with Gasteiger partial charge in [0.05, 0.1) is 4.90 Å². The highest BCUT2D eigenvalue weighted by Crippen LogP contribution is 2.22. The van der Waals surface area contributed by atoms with Gasteiger partial charge in [-0.1, -0.05) is 22.0 Å². The van der Waals surface area contributed by atoms with Crippen LogP contribution in [0.2, 0.25) is 0 Å². The van der Waals surface area contributed by atoms with Crippen molar-refractivity contribution in [3.63, 3.8) is 0 Å². The predicted octanol–water partition coefficient (Wildman–Crippen LogP) is 2.95. The number of nitrogens with two attached hydrogens (primary N) is 1. The molecule has 0 spiro atoms. The molecule has 0 aliphatic rings. The predicted molar refractivity (Wildman–Crippen MR) is 76.2 cm³/mol. The van der Waals surface area contributed by atoms with E-state index in [9.17, 15) is 17.2 Å². The molecule has 4 nitrogen and oxygen atoms in total. The van der Waals surface area contributed by atoms with E-state index >= 15 is 0 Å². The molecule has 8 heteroatoms. The summed E-state index contributed by atoms with van der Waals surface area (Å²) in [6.07, 6.45) is 0. The number of benzene rings is 2. The van der Waals surface area contributed by atoms with Crippen molar-refractivity contribution in [1.29, 1.82) is 0 Å². The van der Waals surface area contributed by atoms with Crippen molar-refractivity contribution >= 4 is 26.0 Å². The second-order valence-electron chi connectivity index (χ2n) is 4.16. The van der Waals surface area contributed by atoms with Gasteiger partial charge in [0.15, 0.2) is 11.6 Å². The molecule has 0 aromatic heterocycles. The van der Waals surface area contributed by atoms with Gasteiger partial charge in [-0.3, -0.25) is 0 Å². The first-order valence-electron chi connectivity index (χ1n) is 5.66. The van der Waals surface area contributed by atoms with Crippen LogP contribution in [0, 0.1) is 11.6 Å². The van der Waals surface area contributed by atoms with Crippen LogP contribution in [-0.4, -0.2) is 8.42 Å². The van der Waals surface area contributed by atoms with Gasteiger partial charge in [-0.15, -0.1) is 0 Å². The van der Waals surface area contributed by atoms with Gasteiger partial charge in [-0.05, 0) is 30.3 Å². The molecule has 0 atom stereocenters. The number of sulfonamides is 1. The van der Waals surface area contributed by atoms with E-state index in [1.807, 2.05) is 0 Å². The molecule has 112 valence electrons. The average molecular weight is 378 g/mol. The maximum atomic E-state index is 13.7. The van der Waals surface area contributed by atoms with Crippen LogP contribution < -0.4 is 9.88 Å². The molecule has 0 saturated heterocycles. The Bertz CT molecular complexity index is 781. The monoisotopic (exact) mass is 377 g/mol. The lowest BCUT2D eigenvalue weighted by molar-refractivity contribution is 0.284. The number of hydrogen-bond acceptors (Lipinski definition) is 3. The highest BCUT2D eigenvalue weighted by atomic mass is 79.9. The Morgan fingerprint density at radius 2 is 1.81 bits per heavy atom. The first-order chi connectivity index (χ1) is 9.77. The molecule has 0 unspecified atom stereocenters. The van der Waals surface area contributed by atoms with Crippen LogP contribution in [0.1, 0.15) is 5.56 Å². The molecule has 21 heavy (non-hydrogen) atoms. The third kappa shape index (κ3) is 3.99. The molecule has 2 aromatic carbocycles. The summed E-state index contributed by atoms with van der Waals surface area (Å²) in [5, 5.41) is 4.89. The maximum Gasteiger partial charge on any atom is 0.238 e. The van der Waals surface area contributed by atoms with Crippen LogP contribution in [-0.2, 0) is 16.6 Å². The van der Waals surface area contributed by atoms with E-state index in [2.05, 4.69) is 15.9 Å². The number of hydrogen-bond donors (Lipinski definition) is 1. The van der Waals surface area contributed by atoms with E-state index in [-0.39, 0.29) is 22.8 Å². The highest BCUT2D eigenvalue weighted by molar-refractivity contribution is 9.10. The fraction of sp³-hybridized carbons (Fsp3) is 0.0769. The Labute approximate surface area is 128 Å².